The summed E-state index contributed by atoms with van der Waals surface area (Å²) in [6.07, 6.45) is 0. The molecule has 0 atom stereocenters. The topological polar surface area (TPSA) is 28.7 Å². The zero-order chi connectivity index (χ0) is 12.4. The highest BCUT2D eigenvalue weighted by atomic mass is 35.5. The third-order valence-electron chi connectivity index (χ3n) is 2.75. The predicted octanol–water partition coefficient (Wildman–Crippen LogP) is 4.20. The Bertz CT molecular complexity index is 659. The predicted molar refractivity (Wildman–Crippen MR) is 73.3 cm³/mol. The molecule has 0 aliphatic carbocycles. The lowest BCUT2D eigenvalue weighted by atomic mass is 10.1. The third-order valence-corrected chi connectivity index (χ3v) is 3.08. The highest BCUT2D eigenvalue weighted by Gasteiger charge is 2.07. The van der Waals surface area contributed by atoms with Crippen LogP contribution in [0.3, 0.4) is 0 Å². The second-order valence-corrected chi connectivity index (χ2v) is 4.35. The quantitative estimate of drug-likeness (QED) is 0.729. The van der Waals surface area contributed by atoms with Gasteiger partial charge in [-0.15, -0.1) is 0 Å². The third kappa shape index (κ3) is 2.03. The summed E-state index contributed by atoms with van der Waals surface area (Å²) in [6, 6.07) is 20.5. The van der Waals surface area contributed by atoms with Crippen molar-refractivity contribution in [3.8, 4) is 22.5 Å². The number of nitrogens with one attached hydrogen (secondary N) is 1. The number of hydrogen-bond acceptors (Lipinski definition) is 1. The van der Waals surface area contributed by atoms with Crippen molar-refractivity contribution in [2.45, 2.75) is 0 Å². The van der Waals surface area contributed by atoms with Crippen LogP contribution in [0.1, 0.15) is 0 Å². The van der Waals surface area contributed by atoms with Crippen LogP contribution < -0.4 is 0 Å². The maximum atomic E-state index is 6.15. The Labute approximate surface area is 110 Å². The molecule has 0 fully saturated rings. The maximum Gasteiger partial charge on any atom is 0.0942 e. The zero-order valence-corrected chi connectivity index (χ0v) is 10.3. The molecule has 3 aromatic rings. The van der Waals surface area contributed by atoms with Crippen molar-refractivity contribution in [3.63, 3.8) is 0 Å². The van der Waals surface area contributed by atoms with E-state index >= 15 is 0 Å². The lowest BCUT2D eigenvalue weighted by Gasteiger charge is -1.98. The molecule has 0 bridgehead atoms. The summed E-state index contributed by atoms with van der Waals surface area (Å²) in [4.78, 5) is 0. The van der Waals surface area contributed by atoms with Gasteiger partial charge in [0.05, 0.1) is 16.4 Å². The number of benzene rings is 2. The first-order valence-electron chi connectivity index (χ1n) is 5.61. The molecule has 3 rings (SSSR count). The highest BCUT2D eigenvalue weighted by molar-refractivity contribution is 6.33. The van der Waals surface area contributed by atoms with Crippen molar-refractivity contribution < 1.29 is 0 Å². The molecule has 0 amide bonds. The van der Waals surface area contributed by atoms with Gasteiger partial charge in [0.25, 0.3) is 0 Å². The van der Waals surface area contributed by atoms with Crippen molar-refractivity contribution in [2.24, 2.45) is 0 Å². The lowest BCUT2D eigenvalue weighted by molar-refractivity contribution is 1.10. The smallest absolute Gasteiger partial charge is 0.0942 e. The summed E-state index contributed by atoms with van der Waals surface area (Å²) >= 11 is 6.15. The van der Waals surface area contributed by atoms with Gasteiger partial charge < -0.3 is 0 Å². The Balaban J connectivity index is 2.03. The molecule has 1 aromatic heterocycles. The van der Waals surface area contributed by atoms with Crippen LogP contribution in [0.2, 0.25) is 5.02 Å². The second kappa shape index (κ2) is 4.67. The summed E-state index contributed by atoms with van der Waals surface area (Å²) in [5.74, 6) is 0. The number of halogens is 1. The Morgan fingerprint density at radius 3 is 2.78 bits per heavy atom. The number of aromatic nitrogens is 2. The van der Waals surface area contributed by atoms with Gasteiger partial charge in [-0.05, 0) is 24.3 Å². The van der Waals surface area contributed by atoms with E-state index in [4.69, 9.17) is 11.6 Å². The van der Waals surface area contributed by atoms with Crippen LogP contribution in [0, 0.1) is 6.07 Å². The number of aromatic amines is 1. The first-order chi connectivity index (χ1) is 8.84. The summed E-state index contributed by atoms with van der Waals surface area (Å²) < 4.78 is 0. The molecule has 0 aliphatic heterocycles. The number of hydrogen-bond donors (Lipinski definition) is 1. The Morgan fingerprint density at radius 2 is 2.00 bits per heavy atom. The molecule has 1 radical (unpaired) electrons. The average Bonchev–Trinajstić information content (AvgIpc) is 2.90. The van der Waals surface area contributed by atoms with Crippen LogP contribution in [0.5, 0.6) is 0 Å². The monoisotopic (exact) mass is 253 g/mol. The van der Waals surface area contributed by atoms with Gasteiger partial charge in [0.15, 0.2) is 0 Å². The average molecular weight is 254 g/mol. The van der Waals surface area contributed by atoms with E-state index in [0.29, 0.717) is 5.02 Å². The van der Waals surface area contributed by atoms with Crippen LogP contribution in [0.4, 0.5) is 0 Å². The first-order valence-corrected chi connectivity index (χ1v) is 5.99. The van der Waals surface area contributed by atoms with E-state index in [1.54, 1.807) is 0 Å². The van der Waals surface area contributed by atoms with Gasteiger partial charge in [-0.2, -0.15) is 5.10 Å². The summed E-state index contributed by atoms with van der Waals surface area (Å²) in [6.45, 7) is 0. The molecule has 0 spiro atoms. The summed E-state index contributed by atoms with van der Waals surface area (Å²) in [5, 5.41) is 8.02. The fourth-order valence-electron chi connectivity index (χ4n) is 1.84. The van der Waals surface area contributed by atoms with Gasteiger partial charge in [0, 0.05) is 11.1 Å². The molecule has 3 heteroatoms. The van der Waals surface area contributed by atoms with Crippen LogP contribution in [-0.2, 0) is 0 Å². The normalized spacial score (nSPS) is 10.5. The molecule has 18 heavy (non-hydrogen) atoms. The highest BCUT2D eigenvalue weighted by Crippen LogP contribution is 2.28. The van der Waals surface area contributed by atoms with Gasteiger partial charge >= 0.3 is 0 Å². The standard InChI is InChI=1S/C15H10ClN2/c16-13-9-5-4-8-12(13)15-10-14(17-18-15)11-6-2-1-3-7-11/h1-2,4-10H,(H,17,18). The lowest BCUT2D eigenvalue weighted by Crippen LogP contribution is -1.78. The molecule has 1 heterocycles. The van der Waals surface area contributed by atoms with Gasteiger partial charge in [-0.1, -0.05) is 48.0 Å². The fraction of sp³-hybridized carbons (Fsp3) is 0. The van der Waals surface area contributed by atoms with E-state index in [2.05, 4.69) is 16.3 Å². The molecule has 87 valence electrons. The van der Waals surface area contributed by atoms with E-state index in [9.17, 15) is 0 Å². The summed E-state index contributed by atoms with van der Waals surface area (Å²) in [7, 11) is 0. The molecule has 2 aromatic carbocycles. The molecular weight excluding hydrogens is 244 g/mol. The van der Waals surface area contributed by atoms with Crippen molar-refractivity contribution >= 4 is 11.6 Å². The van der Waals surface area contributed by atoms with Crippen molar-refractivity contribution in [2.75, 3.05) is 0 Å². The minimum Gasteiger partial charge on any atom is -0.277 e. The van der Waals surface area contributed by atoms with Crippen LogP contribution >= 0.6 is 11.6 Å². The number of rotatable bonds is 2. The van der Waals surface area contributed by atoms with Crippen LogP contribution in [0.25, 0.3) is 22.5 Å². The van der Waals surface area contributed by atoms with Gasteiger partial charge in [-0.25, -0.2) is 0 Å². The van der Waals surface area contributed by atoms with E-state index in [-0.39, 0.29) is 0 Å². The maximum absolute atomic E-state index is 6.15. The van der Waals surface area contributed by atoms with Crippen molar-refractivity contribution in [1.82, 2.24) is 10.2 Å². The van der Waals surface area contributed by atoms with Crippen molar-refractivity contribution in [1.29, 1.82) is 0 Å². The Kier molecular flexibility index (Phi) is 2.87. The van der Waals surface area contributed by atoms with Crippen LogP contribution in [-0.4, -0.2) is 10.2 Å². The minimum atomic E-state index is 0.704. The number of nitrogens with zero attached hydrogens (tertiary/aromatic N) is 1. The molecular formula is C15H10ClN2. The van der Waals surface area contributed by atoms with Gasteiger partial charge in [-0.3, -0.25) is 5.10 Å². The Hall–Kier alpha value is -2.06. The van der Waals surface area contributed by atoms with Gasteiger partial charge in [0.1, 0.15) is 0 Å². The fourth-order valence-corrected chi connectivity index (χ4v) is 2.07. The molecule has 0 saturated heterocycles. The molecule has 0 aliphatic rings. The second-order valence-electron chi connectivity index (χ2n) is 3.94. The van der Waals surface area contributed by atoms with Crippen molar-refractivity contribution in [3.05, 3.63) is 65.7 Å². The largest absolute Gasteiger partial charge is 0.277 e. The van der Waals surface area contributed by atoms with Gasteiger partial charge in [0.2, 0.25) is 0 Å². The van der Waals surface area contributed by atoms with E-state index in [1.165, 1.54) is 0 Å². The molecule has 0 saturated carbocycles. The zero-order valence-electron chi connectivity index (χ0n) is 9.52. The minimum absolute atomic E-state index is 0.704. The SMILES string of the molecule is Clc1ccccc1-c1cc(-c2c[c]ccc2)[nH]n1. The number of H-pyrrole nitrogens is 1. The van der Waals surface area contributed by atoms with E-state index in [1.807, 2.05) is 54.6 Å². The molecule has 1 N–H and O–H groups in total. The molecule has 2 nitrogen and oxygen atoms in total. The van der Waals surface area contributed by atoms with E-state index in [0.717, 1.165) is 22.5 Å². The summed E-state index contributed by atoms with van der Waals surface area (Å²) in [5.41, 5.74) is 3.80. The Morgan fingerprint density at radius 1 is 1.11 bits per heavy atom. The molecule has 0 unspecified atom stereocenters. The first kappa shape index (κ1) is 11.1. The van der Waals surface area contributed by atoms with Crippen LogP contribution in [0.15, 0.2) is 54.6 Å². The van der Waals surface area contributed by atoms with E-state index < -0.39 is 0 Å².